The summed E-state index contributed by atoms with van der Waals surface area (Å²) in [6.07, 6.45) is 9.14. The average Bonchev–Trinajstić information content (AvgIpc) is 1.89. The van der Waals surface area contributed by atoms with E-state index in [1.807, 2.05) is 6.08 Å². The van der Waals surface area contributed by atoms with Crippen molar-refractivity contribution in [1.82, 2.24) is 0 Å². The van der Waals surface area contributed by atoms with E-state index in [2.05, 4.69) is 39.3 Å². The van der Waals surface area contributed by atoms with E-state index in [0.29, 0.717) is 0 Å². The third-order valence-corrected chi connectivity index (χ3v) is 1.63. The summed E-state index contributed by atoms with van der Waals surface area (Å²) >= 11 is 2.25. The van der Waals surface area contributed by atoms with E-state index in [1.165, 1.54) is 19.3 Å². The summed E-state index contributed by atoms with van der Waals surface area (Å²) in [6, 6.07) is 0. The van der Waals surface area contributed by atoms with Crippen molar-refractivity contribution in [2.24, 2.45) is 0 Å². The summed E-state index contributed by atoms with van der Waals surface area (Å²) < 4.78 is 2.08. The average molecular weight is 236 g/mol. The number of halogens is 1. The Balaban J connectivity index is 2.82. The van der Waals surface area contributed by atoms with Gasteiger partial charge in [-0.25, -0.2) is 0 Å². The lowest BCUT2D eigenvalue weighted by molar-refractivity contribution is 0.763. The van der Waals surface area contributed by atoms with E-state index in [0.717, 1.165) is 6.42 Å². The zero-order chi connectivity index (χ0) is 6.95. The van der Waals surface area contributed by atoms with Gasteiger partial charge >= 0.3 is 0 Å². The van der Waals surface area contributed by atoms with Gasteiger partial charge in [0, 0.05) is 0 Å². The third kappa shape index (κ3) is 8.21. The highest BCUT2D eigenvalue weighted by molar-refractivity contribution is 14.1. The second-order valence-corrected chi connectivity index (χ2v) is 2.65. The molecule has 0 saturated carbocycles. The molecule has 0 unspecified atom stereocenters. The lowest BCUT2D eigenvalue weighted by Crippen LogP contribution is -1.69. The van der Waals surface area contributed by atoms with Crippen LogP contribution in [0.1, 0.15) is 25.7 Å². The van der Waals surface area contributed by atoms with Gasteiger partial charge in [0.25, 0.3) is 0 Å². The molecule has 1 heteroatoms. The summed E-state index contributed by atoms with van der Waals surface area (Å²) in [5.74, 6) is 0. The molecule has 0 aliphatic carbocycles. The molecule has 0 nitrogen and oxygen atoms in total. The van der Waals surface area contributed by atoms with Gasteiger partial charge in [-0.2, -0.15) is 0 Å². The molecule has 52 valence electrons. The van der Waals surface area contributed by atoms with Crippen LogP contribution in [0.4, 0.5) is 0 Å². The molecule has 0 saturated heterocycles. The van der Waals surface area contributed by atoms with E-state index in [1.54, 1.807) is 0 Å². The maximum absolute atomic E-state index is 3.66. The Morgan fingerprint density at radius 3 is 2.44 bits per heavy atom. The van der Waals surface area contributed by atoms with E-state index in [-0.39, 0.29) is 0 Å². The minimum atomic E-state index is 1.16. The molecule has 0 atom stereocenters. The van der Waals surface area contributed by atoms with Crippen molar-refractivity contribution in [3.63, 3.8) is 0 Å². The first kappa shape index (κ1) is 9.21. The SMILES string of the molecule is C=CCCCCC=CI. The second kappa shape index (κ2) is 8.21. The molecule has 0 radical (unpaired) electrons. The van der Waals surface area contributed by atoms with E-state index < -0.39 is 0 Å². The van der Waals surface area contributed by atoms with Gasteiger partial charge in [-0.1, -0.05) is 34.7 Å². The Morgan fingerprint density at radius 2 is 1.89 bits per heavy atom. The summed E-state index contributed by atoms with van der Waals surface area (Å²) in [7, 11) is 0. The predicted octanol–water partition coefficient (Wildman–Crippen LogP) is 3.68. The molecule has 0 heterocycles. The standard InChI is InChI=1S/C8H13I/c1-2-3-4-5-6-7-8-9/h2,7-8H,1,3-6H2. The van der Waals surface area contributed by atoms with Gasteiger partial charge in [-0.15, -0.1) is 6.58 Å². The van der Waals surface area contributed by atoms with Crippen LogP contribution in [0.2, 0.25) is 0 Å². The van der Waals surface area contributed by atoms with Crippen molar-refractivity contribution < 1.29 is 0 Å². The highest BCUT2D eigenvalue weighted by Gasteiger charge is 1.80. The minimum Gasteiger partial charge on any atom is -0.103 e. The zero-order valence-electron chi connectivity index (χ0n) is 5.65. The van der Waals surface area contributed by atoms with E-state index in [9.17, 15) is 0 Å². The lowest BCUT2D eigenvalue weighted by atomic mass is 10.2. The van der Waals surface area contributed by atoms with Gasteiger partial charge in [0.2, 0.25) is 0 Å². The van der Waals surface area contributed by atoms with Crippen molar-refractivity contribution in [2.75, 3.05) is 0 Å². The quantitative estimate of drug-likeness (QED) is 0.388. The Hall–Kier alpha value is 0.210. The van der Waals surface area contributed by atoms with E-state index >= 15 is 0 Å². The molecule has 0 rings (SSSR count). The number of rotatable bonds is 5. The molecule has 9 heavy (non-hydrogen) atoms. The Labute approximate surface area is 71.2 Å². The summed E-state index contributed by atoms with van der Waals surface area (Å²) in [5, 5.41) is 0. The summed E-state index contributed by atoms with van der Waals surface area (Å²) in [4.78, 5) is 0. The van der Waals surface area contributed by atoms with Crippen LogP contribution in [0.15, 0.2) is 22.8 Å². The van der Waals surface area contributed by atoms with Crippen LogP contribution in [0.3, 0.4) is 0 Å². The number of allylic oxidation sites excluding steroid dienone is 2. The molecule has 0 aromatic heterocycles. The molecule has 0 bridgehead atoms. The number of hydrogen-bond donors (Lipinski definition) is 0. The van der Waals surface area contributed by atoms with Crippen LogP contribution in [-0.2, 0) is 0 Å². The normalized spacial score (nSPS) is 10.3. The molecule has 0 N–H and O–H groups in total. The van der Waals surface area contributed by atoms with Gasteiger partial charge < -0.3 is 0 Å². The maximum Gasteiger partial charge on any atom is -0.0274 e. The van der Waals surface area contributed by atoms with Crippen molar-refractivity contribution >= 4 is 22.6 Å². The molecule has 0 aliphatic rings. The van der Waals surface area contributed by atoms with Crippen molar-refractivity contribution in [3.8, 4) is 0 Å². The molecule has 0 spiro atoms. The lowest BCUT2D eigenvalue weighted by Gasteiger charge is -1.89. The highest BCUT2D eigenvalue weighted by Crippen LogP contribution is 2.01. The maximum atomic E-state index is 3.66. The van der Waals surface area contributed by atoms with Crippen molar-refractivity contribution in [2.45, 2.75) is 25.7 Å². The molecule has 0 aliphatic heterocycles. The van der Waals surface area contributed by atoms with Crippen LogP contribution < -0.4 is 0 Å². The van der Waals surface area contributed by atoms with Crippen LogP contribution in [-0.4, -0.2) is 0 Å². The predicted molar refractivity (Wildman–Crippen MR) is 51.8 cm³/mol. The molecule has 0 aromatic rings. The van der Waals surface area contributed by atoms with Gasteiger partial charge in [0.05, 0.1) is 0 Å². The Morgan fingerprint density at radius 1 is 1.22 bits per heavy atom. The van der Waals surface area contributed by atoms with Crippen LogP contribution in [0, 0.1) is 0 Å². The van der Waals surface area contributed by atoms with Gasteiger partial charge in [-0.05, 0) is 29.8 Å². The van der Waals surface area contributed by atoms with Gasteiger partial charge in [-0.3, -0.25) is 0 Å². The summed E-state index contributed by atoms with van der Waals surface area (Å²) in [6.45, 7) is 3.66. The van der Waals surface area contributed by atoms with E-state index in [4.69, 9.17) is 0 Å². The molecule has 0 aromatic carbocycles. The van der Waals surface area contributed by atoms with Crippen molar-refractivity contribution in [1.29, 1.82) is 0 Å². The molecular weight excluding hydrogens is 223 g/mol. The first-order chi connectivity index (χ1) is 4.41. The third-order valence-electron chi connectivity index (χ3n) is 1.12. The highest BCUT2D eigenvalue weighted by atomic mass is 127. The topological polar surface area (TPSA) is 0 Å². The number of unbranched alkanes of at least 4 members (excludes halogenated alkanes) is 3. The number of hydrogen-bond acceptors (Lipinski definition) is 0. The van der Waals surface area contributed by atoms with Crippen molar-refractivity contribution in [3.05, 3.63) is 22.8 Å². The van der Waals surface area contributed by atoms with Gasteiger partial charge in [0.1, 0.15) is 0 Å². The fourth-order valence-electron chi connectivity index (χ4n) is 0.614. The smallest absolute Gasteiger partial charge is 0.0274 e. The summed E-state index contributed by atoms with van der Waals surface area (Å²) in [5.41, 5.74) is 0. The van der Waals surface area contributed by atoms with Gasteiger partial charge in [0.15, 0.2) is 0 Å². The Bertz CT molecular complexity index is 84.6. The largest absolute Gasteiger partial charge is 0.103 e. The van der Waals surface area contributed by atoms with Crippen LogP contribution in [0.25, 0.3) is 0 Å². The first-order valence-corrected chi connectivity index (χ1v) is 4.52. The molecule has 0 amide bonds. The van der Waals surface area contributed by atoms with Crippen LogP contribution in [0.5, 0.6) is 0 Å². The minimum absolute atomic E-state index is 1.16. The second-order valence-electron chi connectivity index (χ2n) is 1.93. The first-order valence-electron chi connectivity index (χ1n) is 3.28. The monoisotopic (exact) mass is 236 g/mol. The fraction of sp³-hybridized carbons (Fsp3) is 0.500. The fourth-order valence-corrected chi connectivity index (χ4v) is 0.973. The molecular formula is C8H13I. The zero-order valence-corrected chi connectivity index (χ0v) is 7.80. The van der Waals surface area contributed by atoms with Crippen LogP contribution >= 0.6 is 22.6 Å². The Kier molecular flexibility index (Phi) is 8.40. The molecule has 0 fully saturated rings.